The number of furan rings is 1. The molecule has 0 amide bonds. The van der Waals surface area contributed by atoms with Gasteiger partial charge in [-0.05, 0) is 32.6 Å². The van der Waals surface area contributed by atoms with E-state index in [1.807, 2.05) is 13.8 Å². The van der Waals surface area contributed by atoms with Crippen molar-refractivity contribution in [3.8, 4) is 0 Å². The minimum atomic E-state index is -3.52. The molecule has 1 fully saturated rings. The third-order valence-electron chi connectivity index (χ3n) is 4.06. The van der Waals surface area contributed by atoms with Gasteiger partial charge >= 0.3 is 0 Å². The molecule has 0 radical (unpaired) electrons. The maximum atomic E-state index is 12.6. The van der Waals surface area contributed by atoms with Gasteiger partial charge < -0.3 is 9.73 Å². The van der Waals surface area contributed by atoms with Crippen LogP contribution in [0.25, 0.3) is 0 Å². The van der Waals surface area contributed by atoms with E-state index in [0.717, 1.165) is 12.0 Å². The Morgan fingerprint density at radius 2 is 1.95 bits per heavy atom. The lowest BCUT2D eigenvalue weighted by Crippen LogP contribution is -2.30. The molecule has 0 aromatic carbocycles. The summed E-state index contributed by atoms with van der Waals surface area (Å²) in [4.78, 5) is 0.316. The largest absolute Gasteiger partial charge is 0.465 e. The fraction of sp³-hybridized carbons (Fsp3) is 0.733. The van der Waals surface area contributed by atoms with Crippen LogP contribution in [-0.4, -0.2) is 21.0 Å². The van der Waals surface area contributed by atoms with E-state index in [1.165, 1.54) is 12.8 Å². The van der Waals surface area contributed by atoms with Gasteiger partial charge in [-0.25, -0.2) is 13.1 Å². The van der Waals surface area contributed by atoms with Crippen LogP contribution in [0.2, 0.25) is 0 Å². The molecule has 0 bridgehead atoms. The van der Waals surface area contributed by atoms with E-state index in [9.17, 15) is 8.42 Å². The minimum Gasteiger partial charge on any atom is -0.465 e. The van der Waals surface area contributed by atoms with E-state index in [4.69, 9.17) is 4.42 Å². The van der Waals surface area contributed by atoms with Gasteiger partial charge in [0.25, 0.3) is 0 Å². The van der Waals surface area contributed by atoms with Crippen molar-refractivity contribution < 1.29 is 12.8 Å². The summed E-state index contributed by atoms with van der Waals surface area (Å²) in [6, 6.07) is 0.531. The number of nitrogens with one attached hydrogen (secondary N) is 2. The maximum absolute atomic E-state index is 12.6. The van der Waals surface area contributed by atoms with Crippen molar-refractivity contribution in [2.75, 3.05) is 6.54 Å². The molecule has 5 nitrogen and oxygen atoms in total. The quantitative estimate of drug-likeness (QED) is 0.773. The van der Waals surface area contributed by atoms with Crippen LogP contribution >= 0.6 is 0 Å². The summed E-state index contributed by atoms with van der Waals surface area (Å²) >= 11 is 0. The van der Waals surface area contributed by atoms with Crippen LogP contribution in [0.4, 0.5) is 0 Å². The highest BCUT2D eigenvalue weighted by Crippen LogP contribution is 2.28. The van der Waals surface area contributed by atoms with Gasteiger partial charge in [-0.1, -0.05) is 20.3 Å². The molecule has 2 rings (SSSR count). The number of sulfonamides is 1. The minimum absolute atomic E-state index is 0.316. The number of hydrogen-bond donors (Lipinski definition) is 2. The Kier molecular flexibility index (Phi) is 5.11. The van der Waals surface area contributed by atoms with Crippen molar-refractivity contribution in [1.82, 2.24) is 10.0 Å². The summed E-state index contributed by atoms with van der Waals surface area (Å²) in [7, 11) is -3.52. The Bertz CT molecular complexity index is 588. The van der Waals surface area contributed by atoms with Crippen LogP contribution < -0.4 is 10.0 Å². The van der Waals surface area contributed by atoms with Gasteiger partial charge in [0, 0.05) is 24.7 Å². The highest BCUT2D eigenvalue weighted by molar-refractivity contribution is 7.89. The molecular formula is C15H26N2O3S. The summed E-state index contributed by atoms with van der Waals surface area (Å²) < 4.78 is 33.4. The molecule has 0 saturated heterocycles. The summed E-state index contributed by atoms with van der Waals surface area (Å²) in [6.45, 7) is 8.63. The van der Waals surface area contributed by atoms with E-state index in [2.05, 4.69) is 17.0 Å². The van der Waals surface area contributed by atoms with Gasteiger partial charge in [-0.15, -0.1) is 0 Å². The lowest BCUT2D eigenvalue weighted by molar-refractivity contribution is 0.491. The fourth-order valence-electron chi connectivity index (χ4n) is 2.27. The average Bonchev–Trinajstić information content (AvgIpc) is 3.19. The van der Waals surface area contributed by atoms with Crippen molar-refractivity contribution in [1.29, 1.82) is 0 Å². The topological polar surface area (TPSA) is 71.3 Å². The fourth-order valence-corrected chi connectivity index (χ4v) is 3.88. The number of rotatable bonds is 8. The molecule has 1 saturated carbocycles. The second-order valence-corrected chi connectivity index (χ2v) is 7.75. The van der Waals surface area contributed by atoms with Gasteiger partial charge in [0.2, 0.25) is 10.0 Å². The summed E-state index contributed by atoms with van der Waals surface area (Å²) in [5.74, 6) is 1.47. The smallest absolute Gasteiger partial charge is 0.244 e. The molecule has 0 spiro atoms. The Balaban J connectivity index is 2.19. The lowest BCUT2D eigenvalue weighted by Gasteiger charge is -2.12. The van der Waals surface area contributed by atoms with Crippen LogP contribution in [0.1, 0.15) is 50.2 Å². The molecule has 1 aliphatic rings. The van der Waals surface area contributed by atoms with E-state index in [-0.39, 0.29) is 0 Å². The molecule has 6 heteroatoms. The first-order chi connectivity index (χ1) is 9.85. The van der Waals surface area contributed by atoms with Crippen molar-refractivity contribution in [2.45, 2.75) is 64.4 Å². The zero-order valence-corrected chi connectivity index (χ0v) is 14.1. The van der Waals surface area contributed by atoms with Crippen molar-refractivity contribution in [3.05, 3.63) is 17.1 Å². The third kappa shape index (κ3) is 4.08. The molecule has 1 unspecified atom stereocenters. The molecule has 1 aromatic heterocycles. The van der Waals surface area contributed by atoms with Crippen LogP contribution in [0.5, 0.6) is 0 Å². The number of aryl methyl sites for hydroxylation is 2. The normalized spacial score (nSPS) is 17.1. The Morgan fingerprint density at radius 3 is 2.52 bits per heavy atom. The Morgan fingerprint density at radius 1 is 1.29 bits per heavy atom. The second-order valence-electron chi connectivity index (χ2n) is 6.04. The predicted molar refractivity (Wildman–Crippen MR) is 82.7 cm³/mol. The molecule has 2 N–H and O–H groups in total. The highest BCUT2D eigenvalue weighted by atomic mass is 32.2. The van der Waals surface area contributed by atoms with E-state index < -0.39 is 10.0 Å². The molecule has 21 heavy (non-hydrogen) atoms. The Labute approximate surface area is 127 Å². The first kappa shape index (κ1) is 16.5. The molecule has 120 valence electrons. The SMILES string of the molecule is CCC(C)CNS(=O)(=O)c1c(C)oc(C)c1CNC1CC1. The van der Waals surface area contributed by atoms with Gasteiger partial charge in [0.05, 0.1) is 0 Å². The average molecular weight is 314 g/mol. The molecule has 1 atom stereocenters. The van der Waals surface area contributed by atoms with Crippen molar-refractivity contribution >= 4 is 10.0 Å². The van der Waals surface area contributed by atoms with Crippen molar-refractivity contribution in [2.24, 2.45) is 5.92 Å². The van der Waals surface area contributed by atoms with Crippen molar-refractivity contribution in [3.63, 3.8) is 0 Å². The first-order valence-corrected chi connectivity index (χ1v) is 9.15. The summed E-state index contributed by atoms with van der Waals surface area (Å²) in [5.41, 5.74) is 0.760. The van der Waals surface area contributed by atoms with Crippen LogP contribution in [0.15, 0.2) is 9.31 Å². The second kappa shape index (κ2) is 6.50. The van der Waals surface area contributed by atoms with E-state index in [1.54, 1.807) is 6.92 Å². The molecular weight excluding hydrogens is 288 g/mol. The highest BCUT2D eigenvalue weighted by Gasteiger charge is 2.28. The van der Waals surface area contributed by atoms with Gasteiger partial charge in [-0.3, -0.25) is 0 Å². The molecule has 1 heterocycles. The van der Waals surface area contributed by atoms with Gasteiger partial charge in [-0.2, -0.15) is 0 Å². The predicted octanol–water partition coefficient (Wildman–Crippen LogP) is 2.47. The zero-order chi connectivity index (χ0) is 15.6. The van der Waals surface area contributed by atoms with E-state index in [0.29, 0.717) is 41.5 Å². The van der Waals surface area contributed by atoms with Gasteiger partial charge in [0.1, 0.15) is 16.4 Å². The monoisotopic (exact) mass is 314 g/mol. The summed E-state index contributed by atoms with van der Waals surface area (Å²) in [6.07, 6.45) is 3.29. The zero-order valence-electron chi connectivity index (χ0n) is 13.3. The van der Waals surface area contributed by atoms with Crippen LogP contribution in [-0.2, 0) is 16.6 Å². The summed E-state index contributed by atoms with van der Waals surface area (Å²) in [5, 5.41) is 3.36. The number of hydrogen-bond acceptors (Lipinski definition) is 4. The Hall–Kier alpha value is -0.850. The maximum Gasteiger partial charge on any atom is 0.244 e. The molecule has 1 aliphatic carbocycles. The van der Waals surface area contributed by atoms with Crippen LogP contribution in [0, 0.1) is 19.8 Å². The lowest BCUT2D eigenvalue weighted by atomic mass is 10.1. The first-order valence-electron chi connectivity index (χ1n) is 7.67. The third-order valence-corrected chi connectivity index (χ3v) is 5.68. The van der Waals surface area contributed by atoms with Crippen LogP contribution in [0.3, 0.4) is 0 Å². The molecule has 1 aromatic rings. The van der Waals surface area contributed by atoms with Gasteiger partial charge in [0.15, 0.2) is 0 Å². The molecule has 0 aliphatic heterocycles. The standard InChI is InChI=1S/C15H26N2O3S/c1-5-10(2)8-17-21(18,19)15-12(4)20-11(3)14(15)9-16-13-6-7-13/h10,13,16-17H,5-9H2,1-4H3. The van der Waals surface area contributed by atoms with E-state index >= 15 is 0 Å².